The van der Waals surface area contributed by atoms with E-state index in [9.17, 15) is 9.59 Å². The number of amides is 2. The molecule has 4 aromatic rings. The second kappa shape index (κ2) is 7.93. The molecule has 3 aromatic carbocycles. The van der Waals surface area contributed by atoms with Crippen LogP contribution >= 0.6 is 23.1 Å². The summed E-state index contributed by atoms with van der Waals surface area (Å²) in [7, 11) is 0. The van der Waals surface area contributed by atoms with Crippen molar-refractivity contribution in [1.29, 1.82) is 0 Å². The zero-order valence-corrected chi connectivity index (χ0v) is 17.4. The Morgan fingerprint density at radius 1 is 1.03 bits per heavy atom. The molecular formula is C23H17N3O2S2. The van der Waals surface area contributed by atoms with E-state index in [0.29, 0.717) is 5.13 Å². The summed E-state index contributed by atoms with van der Waals surface area (Å²) in [6.45, 7) is 0. The number of hydrogen-bond donors (Lipinski definition) is 2. The van der Waals surface area contributed by atoms with Crippen LogP contribution in [0.2, 0.25) is 0 Å². The van der Waals surface area contributed by atoms with Crippen LogP contribution in [-0.4, -0.2) is 22.0 Å². The number of hydrogen-bond acceptors (Lipinski definition) is 5. The number of rotatable bonds is 4. The van der Waals surface area contributed by atoms with Crippen LogP contribution in [0.25, 0.3) is 22.0 Å². The quantitative estimate of drug-likeness (QED) is 0.454. The molecule has 7 heteroatoms. The molecule has 0 saturated carbocycles. The molecule has 30 heavy (non-hydrogen) atoms. The molecule has 0 fully saturated rings. The van der Waals surface area contributed by atoms with E-state index in [4.69, 9.17) is 0 Å². The lowest BCUT2D eigenvalue weighted by Gasteiger charge is -2.23. The first-order valence-corrected chi connectivity index (χ1v) is 11.2. The maximum Gasteiger partial charge on any atom is 0.238 e. The number of carbonyl (C=O) groups excluding carboxylic acids is 2. The molecule has 0 aliphatic carbocycles. The molecule has 148 valence electrons. The standard InChI is InChI=1S/C23H17N3O2S2/c27-21(12-20-22(28)24-17-10-3-4-11-19(17)30-20)26-23-25-18(13-29-23)16-9-5-7-14-6-1-2-8-15(14)16/h1-11,13,20H,12H2,(H,24,28)(H,25,26,27). The van der Waals surface area contributed by atoms with Crippen molar-refractivity contribution in [2.24, 2.45) is 0 Å². The molecule has 2 amide bonds. The molecule has 1 atom stereocenters. The Morgan fingerprint density at radius 3 is 2.77 bits per heavy atom. The van der Waals surface area contributed by atoms with Crippen LogP contribution < -0.4 is 10.6 Å². The summed E-state index contributed by atoms with van der Waals surface area (Å²) in [6.07, 6.45) is 0.0913. The van der Waals surface area contributed by atoms with Gasteiger partial charge in [0, 0.05) is 22.3 Å². The average molecular weight is 432 g/mol. The van der Waals surface area contributed by atoms with Gasteiger partial charge in [-0.15, -0.1) is 23.1 Å². The van der Waals surface area contributed by atoms with E-state index in [1.807, 2.05) is 53.9 Å². The summed E-state index contributed by atoms with van der Waals surface area (Å²) >= 11 is 2.80. The zero-order chi connectivity index (χ0) is 20.5. The van der Waals surface area contributed by atoms with Gasteiger partial charge in [-0.3, -0.25) is 9.59 Å². The first-order valence-electron chi connectivity index (χ1n) is 9.47. The molecule has 1 unspecified atom stereocenters. The van der Waals surface area contributed by atoms with Crippen LogP contribution in [0, 0.1) is 0 Å². The number of para-hydroxylation sites is 1. The molecule has 5 nitrogen and oxygen atoms in total. The van der Waals surface area contributed by atoms with E-state index in [1.165, 1.54) is 23.1 Å². The van der Waals surface area contributed by atoms with Gasteiger partial charge < -0.3 is 10.6 Å². The number of nitrogens with one attached hydrogen (secondary N) is 2. The Morgan fingerprint density at radius 2 is 1.83 bits per heavy atom. The summed E-state index contributed by atoms with van der Waals surface area (Å²) in [5, 5.41) is 10.00. The van der Waals surface area contributed by atoms with Gasteiger partial charge in [-0.2, -0.15) is 0 Å². The van der Waals surface area contributed by atoms with Crippen molar-refractivity contribution >= 4 is 56.5 Å². The van der Waals surface area contributed by atoms with E-state index in [1.54, 1.807) is 0 Å². The summed E-state index contributed by atoms with van der Waals surface area (Å²) in [6, 6.07) is 21.9. The zero-order valence-electron chi connectivity index (χ0n) is 15.8. The molecule has 1 aliphatic rings. The van der Waals surface area contributed by atoms with Crippen LogP contribution in [0.15, 0.2) is 77.0 Å². The number of thiazole rings is 1. The molecule has 0 radical (unpaired) electrons. The summed E-state index contributed by atoms with van der Waals surface area (Å²) in [5.41, 5.74) is 2.65. The second-order valence-corrected chi connectivity index (χ2v) is 9.01. The second-order valence-electron chi connectivity index (χ2n) is 6.91. The Labute approximate surface area is 181 Å². The Kier molecular flexibility index (Phi) is 4.98. The number of carbonyl (C=O) groups is 2. The molecule has 2 heterocycles. The highest BCUT2D eigenvalue weighted by atomic mass is 32.2. The van der Waals surface area contributed by atoms with E-state index < -0.39 is 5.25 Å². The maximum absolute atomic E-state index is 12.6. The van der Waals surface area contributed by atoms with Gasteiger partial charge >= 0.3 is 0 Å². The van der Waals surface area contributed by atoms with E-state index in [-0.39, 0.29) is 18.2 Å². The molecular weight excluding hydrogens is 414 g/mol. The normalized spacial score (nSPS) is 15.5. The molecule has 5 rings (SSSR count). The van der Waals surface area contributed by atoms with Gasteiger partial charge in [-0.25, -0.2) is 4.98 Å². The Hall–Kier alpha value is -3.16. The maximum atomic E-state index is 12.6. The van der Waals surface area contributed by atoms with Crippen molar-refractivity contribution in [2.75, 3.05) is 10.6 Å². The topological polar surface area (TPSA) is 71.1 Å². The predicted molar refractivity (Wildman–Crippen MR) is 123 cm³/mol. The van der Waals surface area contributed by atoms with Crippen molar-refractivity contribution in [1.82, 2.24) is 4.98 Å². The van der Waals surface area contributed by atoms with Crippen LogP contribution in [0.1, 0.15) is 6.42 Å². The molecule has 0 bridgehead atoms. The number of fused-ring (bicyclic) bond motifs is 2. The third-order valence-corrected chi connectivity index (χ3v) is 6.93. The fourth-order valence-electron chi connectivity index (χ4n) is 3.47. The predicted octanol–water partition coefficient (Wildman–Crippen LogP) is 5.40. The summed E-state index contributed by atoms with van der Waals surface area (Å²) < 4.78 is 0. The largest absolute Gasteiger partial charge is 0.324 e. The molecule has 1 aromatic heterocycles. The first kappa shape index (κ1) is 18.8. The molecule has 0 spiro atoms. The highest BCUT2D eigenvalue weighted by Crippen LogP contribution is 2.37. The monoisotopic (exact) mass is 431 g/mol. The van der Waals surface area contributed by atoms with Crippen LogP contribution in [-0.2, 0) is 9.59 Å². The summed E-state index contributed by atoms with van der Waals surface area (Å²) in [5.74, 6) is -0.370. The number of nitrogens with zero attached hydrogens (tertiary/aromatic N) is 1. The van der Waals surface area contributed by atoms with Gasteiger partial charge in [0.25, 0.3) is 0 Å². The van der Waals surface area contributed by atoms with Crippen molar-refractivity contribution in [3.8, 4) is 11.3 Å². The smallest absolute Gasteiger partial charge is 0.238 e. The number of aromatic nitrogens is 1. The van der Waals surface area contributed by atoms with Crippen molar-refractivity contribution in [2.45, 2.75) is 16.6 Å². The van der Waals surface area contributed by atoms with Crippen LogP contribution in [0.3, 0.4) is 0 Å². The SMILES string of the molecule is O=C(CC1Sc2ccccc2NC1=O)Nc1nc(-c2cccc3ccccc23)cs1. The first-order chi connectivity index (χ1) is 14.7. The van der Waals surface area contributed by atoms with Crippen LogP contribution in [0.4, 0.5) is 10.8 Å². The minimum Gasteiger partial charge on any atom is -0.324 e. The molecule has 2 N–H and O–H groups in total. The van der Waals surface area contributed by atoms with Crippen molar-refractivity contribution in [3.63, 3.8) is 0 Å². The van der Waals surface area contributed by atoms with Crippen molar-refractivity contribution < 1.29 is 9.59 Å². The third kappa shape index (κ3) is 3.69. The van der Waals surface area contributed by atoms with Gasteiger partial charge in [0.1, 0.15) is 0 Å². The lowest BCUT2D eigenvalue weighted by atomic mass is 10.0. The lowest BCUT2D eigenvalue weighted by Crippen LogP contribution is -2.32. The fourth-order valence-corrected chi connectivity index (χ4v) is 5.31. The highest BCUT2D eigenvalue weighted by Gasteiger charge is 2.29. The molecule has 1 aliphatic heterocycles. The molecule has 0 saturated heterocycles. The average Bonchev–Trinajstić information content (AvgIpc) is 3.22. The van der Waals surface area contributed by atoms with Gasteiger partial charge in [-0.05, 0) is 22.9 Å². The van der Waals surface area contributed by atoms with E-state index in [0.717, 1.165) is 32.6 Å². The number of thioether (sulfide) groups is 1. The van der Waals surface area contributed by atoms with Gasteiger partial charge in [0.2, 0.25) is 11.8 Å². The Balaban J connectivity index is 1.30. The number of benzene rings is 3. The third-order valence-electron chi connectivity index (χ3n) is 4.89. The minimum atomic E-state index is -0.461. The Bertz CT molecular complexity index is 1260. The van der Waals surface area contributed by atoms with E-state index >= 15 is 0 Å². The van der Waals surface area contributed by atoms with Gasteiger partial charge in [0.05, 0.1) is 16.6 Å². The van der Waals surface area contributed by atoms with Crippen LogP contribution in [0.5, 0.6) is 0 Å². The lowest BCUT2D eigenvalue weighted by molar-refractivity contribution is -0.120. The van der Waals surface area contributed by atoms with Gasteiger partial charge in [-0.1, -0.05) is 54.6 Å². The summed E-state index contributed by atoms with van der Waals surface area (Å²) in [4.78, 5) is 30.5. The van der Waals surface area contributed by atoms with Gasteiger partial charge in [0.15, 0.2) is 5.13 Å². The highest BCUT2D eigenvalue weighted by molar-refractivity contribution is 8.01. The number of anilines is 2. The minimum absolute atomic E-state index is 0.0913. The fraction of sp³-hybridized carbons (Fsp3) is 0.0870. The van der Waals surface area contributed by atoms with E-state index in [2.05, 4.69) is 33.8 Å². The van der Waals surface area contributed by atoms with Crippen molar-refractivity contribution in [3.05, 3.63) is 72.1 Å².